The number of methoxy groups -OCH3 is 1. The molecule has 5 rings (SSSR count). The molecule has 0 aromatic carbocycles. The molecule has 0 aliphatic carbocycles. The Bertz CT molecular complexity index is 1600. The van der Waals surface area contributed by atoms with Gasteiger partial charge in [0, 0.05) is 22.8 Å². The predicted octanol–water partition coefficient (Wildman–Crippen LogP) is -0.745. The molecule has 1 saturated heterocycles. The van der Waals surface area contributed by atoms with Crippen molar-refractivity contribution < 1.29 is 38.4 Å². The normalized spacial score (nSPS) is 18.7. The van der Waals surface area contributed by atoms with Crippen molar-refractivity contribution in [2.24, 2.45) is 5.16 Å². The number of pyridine rings is 1. The molecule has 2 aliphatic rings. The third-order valence-corrected chi connectivity index (χ3v) is 8.81. The summed E-state index contributed by atoms with van der Waals surface area (Å²) in [5, 5.41) is 22.4. The minimum atomic E-state index is -1.50. The molecule has 0 bridgehead atoms. The lowest BCUT2D eigenvalue weighted by Crippen LogP contribution is -2.71. The lowest BCUT2D eigenvalue weighted by molar-refractivity contribution is -0.687. The maximum atomic E-state index is 13.1. The highest BCUT2D eigenvalue weighted by Gasteiger charge is 2.53. The number of ether oxygens (including phenoxy) is 1. The zero-order chi connectivity index (χ0) is 28.6. The number of carboxylic acids is 1. The van der Waals surface area contributed by atoms with Crippen LogP contribution in [0, 0.1) is 0 Å². The highest BCUT2D eigenvalue weighted by atomic mass is 32.2. The Balaban J connectivity index is 1.33. The molecule has 5 heterocycles. The second-order valence-electron chi connectivity index (χ2n) is 8.30. The number of nitrogens with zero attached hydrogens (tertiary/aromatic N) is 5. The van der Waals surface area contributed by atoms with E-state index in [0.717, 1.165) is 20.9 Å². The number of oxime groups is 1. The van der Waals surface area contributed by atoms with Crippen molar-refractivity contribution >= 4 is 84.5 Å². The number of nitrogens with one attached hydrogen (secondary N) is 2. The van der Waals surface area contributed by atoms with Crippen molar-refractivity contribution in [2.45, 2.75) is 18.0 Å². The first-order valence-electron chi connectivity index (χ1n) is 11.4. The van der Waals surface area contributed by atoms with E-state index in [1.807, 2.05) is 0 Å². The van der Waals surface area contributed by atoms with Crippen molar-refractivity contribution in [3.8, 4) is 0 Å². The Morgan fingerprint density at radius 2 is 2.12 bits per heavy atom. The molecule has 40 heavy (non-hydrogen) atoms. The highest BCUT2D eigenvalue weighted by molar-refractivity contribution is 8.00. The maximum Gasteiger partial charge on any atom is 0.413 e. The molecule has 1 fully saturated rings. The summed E-state index contributed by atoms with van der Waals surface area (Å²) in [5.41, 5.74) is 6.45. The summed E-state index contributed by atoms with van der Waals surface area (Å²) >= 11 is 3.67. The van der Waals surface area contributed by atoms with Gasteiger partial charge in [0.05, 0.1) is 23.5 Å². The zero-order valence-electron chi connectivity index (χ0n) is 20.8. The fourth-order valence-electron chi connectivity index (χ4n) is 4.12. The number of carbonyl (C=O) groups excluding carboxylic acids is 4. The second-order valence-corrected chi connectivity index (χ2v) is 11.3. The van der Waals surface area contributed by atoms with E-state index in [1.54, 1.807) is 23.0 Å². The number of nitrogens with two attached hydrogens (primary N) is 1. The van der Waals surface area contributed by atoms with Gasteiger partial charge in [0.15, 0.2) is 34.9 Å². The molecule has 3 aromatic heterocycles. The molecule has 2 atom stereocenters. The van der Waals surface area contributed by atoms with E-state index < -0.39 is 35.3 Å². The van der Waals surface area contributed by atoms with Crippen LogP contribution in [0.4, 0.5) is 15.1 Å². The largest absolute Gasteiger partial charge is 0.543 e. The molecular weight excluding hydrogens is 584 g/mol. The van der Waals surface area contributed by atoms with Crippen LogP contribution in [0.1, 0.15) is 5.69 Å². The molecule has 4 N–H and O–H groups in total. The number of aromatic nitrogens is 3. The second kappa shape index (κ2) is 11.1. The number of carboxylic acid groups (broad SMARTS) is 1. The van der Waals surface area contributed by atoms with Crippen molar-refractivity contribution in [3.63, 3.8) is 0 Å². The molecule has 0 saturated carbocycles. The van der Waals surface area contributed by atoms with Gasteiger partial charge in [-0.1, -0.05) is 16.5 Å². The lowest BCUT2D eigenvalue weighted by atomic mass is 10.0. The van der Waals surface area contributed by atoms with Crippen molar-refractivity contribution in [1.82, 2.24) is 20.2 Å². The van der Waals surface area contributed by atoms with Crippen LogP contribution in [0.25, 0.3) is 10.2 Å². The monoisotopic (exact) mass is 604 g/mol. The van der Waals surface area contributed by atoms with Crippen LogP contribution in [0.3, 0.4) is 0 Å². The first-order valence-corrected chi connectivity index (χ1v) is 14.1. The first kappa shape index (κ1) is 27.3. The number of thioether (sulfide) groups is 1. The number of hydrogen-bond donors (Lipinski definition) is 3. The standard InChI is InChI=1S/C22H20N8O7S3/c1-36-22(35)27-21-25-10-6-29(4-3-12(10)40-21)5-9-7-38-18-14(17(32)30(18)15(9)19(33)34)26-16(31)13(28-37-2)11-8-39-20(23)24-11/h3-4,6,8,14,18H,5,7H2,1-2H3,(H4-,23,24,25,26,27,31,33,34,35)/b28-13+/t14?,18-/m1/s1. The molecule has 3 aromatic rings. The topological polar surface area (TPSA) is 205 Å². The van der Waals surface area contributed by atoms with Crippen LogP contribution >= 0.6 is 34.4 Å². The van der Waals surface area contributed by atoms with Gasteiger partial charge in [-0.2, -0.15) is 4.57 Å². The van der Waals surface area contributed by atoms with Gasteiger partial charge < -0.3 is 30.5 Å². The number of fused-ring (bicyclic) bond motifs is 2. The van der Waals surface area contributed by atoms with Gasteiger partial charge in [0.25, 0.3) is 11.8 Å². The average molecular weight is 605 g/mol. The highest BCUT2D eigenvalue weighted by Crippen LogP contribution is 2.40. The van der Waals surface area contributed by atoms with Gasteiger partial charge in [-0.25, -0.2) is 14.8 Å². The van der Waals surface area contributed by atoms with Gasteiger partial charge in [0.2, 0.25) is 0 Å². The molecule has 3 amide bonds. The summed E-state index contributed by atoms with van der Waals surface area (Å²) in [6.07, 6.45) is 2.80. The SMILES string of the molecule is CO/N=C(/C(=O)NC1C(=O)N2C(C(=O)[O-])=C(C[n+]3ccc4sc(NC(=O)OC)nc4c3)CS[C@H]12)c1csc(N)n1. The Morgan fingerprint density at radius 1 is 1.32 bits per heavy atom. The summed E-state index contributed by atoms with van der Waals surface area (Å²) < 4.78 is 7.10. The number of β-lactam (4-membered cyclic amide) rings is 1. The molecule has 15 nitrogen and oxygen atoms in total. The van der Waals surface area contributed by atoms with Gasteiger partial charge in [-0.05, 0) is 0 Å². The molecule has 0 radical (unpaired) electrons. The van der Waals surface area contributed by atoms with Crippen LogP contribution in [0.5, 0.6) is 0 Å². The van der Waals surface area contributed by atoms with E-state index in [4.69, 9.17) is 10.6 Å². The van der Waals surface area contributed by atoms with Crippen LogP contribution in [0.2, 0.25) is 0 Å². The number of amides is 3. The van der Waals surface area contributed by atoms with E-state index >= 15 is 0 Å². The number of carbonyl (C=O) groups is 4. The van der Waals surface area contributed by atoms with Crippen molar-refractivity contribution in [3.05, 3.63) is 40.8 Å². The Kier molecular flexibility index (Phi) is 7.55. The van der Waals surface area contributed by atoms with Gasteiger partial charge in [0.1, 0.15) is 29.7 Å². The van der Waals surface area contributed by atoms with E-state index in [9.17, 15) is 24.3 Å². The summed E-state index contributed by atoms with van der Waals surface area (Å²) in [4.78, 5) is 63.9. The van der Waals surface area contributed by atoms with Crippen LogP contribution < -0.4 is 26.0 Å². The van der Waals surface area contributed by atoms with E-state index in [-0.39, 0.29) is 34.5 Å². The number of thiazole rings is 2. The fourth-order valence-corrected chi connectivity index (χ4v) is 6.83. The van der Waals surface area contributed by atoms with Gasteiger partial charge >= 0.3 is 6.09 Å². The van der Waals surface area contributed by atoms with E-state index in [2.05, 4.69) is 30.5 Å². The molecule has 2 aliphatic heterocycles. The minimum Gasteiger partial charge on any atom is -0.543 e. The fraction of sp³-hybridized carbons (Fsp3) is 0.273. The van der Waals surface area contributed by atoms with Crippen LogP contribution in [-0.2, 0) is 30.5 Å². The quantitative estimate of drug-likeness (QED) is 0.126. The van der Waals surface area contributed by atoms with E-state index in [0.29, 0.717) is 16.2 Å². The number of rotatable bonds is 8. The van der Waals surface area contributed by atoms with Gasteiger partial charge in [-0.15, -0.1) is 23.1 Å². The van der Waals surface area contributed by atoms with Crippen molar-refractivity contribution in [1.29, 1.82) is 0 Å². The Morgan fingerprint density at radius 3 is 2.80 bits per heavy atom. The summed E-state index contributed by atoms with van der Waals surface area (Å²) in [7, 11) is 2.51. The van der Waals surface area contributed by atoms with E-state index in [1.165, 1.54) is 42.7 Å². The van der Waals surface area contributed by atoms with Gasteiger partial charge in [-0.3, -0.25) is 19.8 Å². The average Bonchev–Trinajstić information content (AvgIpc) is 3.54. The summed E-state index contributed by atoms with van der Waals surface area (Å²) in [5.74, 6) is -2.56. The Labute approximate surface area is 237 Å². The minimum absolute atomic E-state index is 0.146. The zero-order valence-corrected chi connectivity index (χ0v) is 23.2. The summed E-state index contributed by atoms with van der Waals surface area (Å²) in [6, 6.07) is 0.786. The third-order valence-electron chi connectivity index (χ3n) is 5.84. The molecule has 208 valence electrons. The van der Waals surface area contributed by atoms with Crippen LogP contribution in [0.15, 0.2) is 40.3 Å². The molecule has 18 heteroatoms. The maximum absolute atomic E-state index is 13.1. The summed E-state index contributed by atoms with van der Waals surface area (Å²) in [6.45, 7) is 0.146. The molecule has 0 spiro atoms. The number of nitrogen functional groups attached to an aromatic ring is 1. The number of aliphatic carboxylic acids is 1. The molecular formula is C22H20N8O7S3. The third kappa shape index (κ3) is 5.15. The lowest BCUT2D eigenvalue weighted by Gasteiger charge is -2.50. The number of hydrogen-bond acceptors (Lipinski definition) is 14. The van der Waals surface area contributed by atoms with Crippen molar-refractivity contribution in [2.75, 3.05) is 31.0 Å². The smallest absolute Gasteiger partial charge is 0.413 e. The molecule has 1 unspecified atom stereocenters. The Hall–Kier alpha value is -4.29. The van der Waals surface area contributed by atoms with Crippen LogP contribution in [-0.4, -0.2) is 75.8 Å². The predicted molar refractivity (Wildman–Crippen MR) is 143 cm³/mol. The first-order chi connectivity index (χ1) is 19.2. The number of anilines is 2.